The molecule has 2 aromatic rings. The number of aryl methyl sites for hydroxylation is 1. The molecule has 1 heterocycles. The van der Waals surface area contributed by atoms with Gasteiger partial charge in [0.25, 0.3) is 5.91 Å². The number of amides is 2. The van der Waals surface area contributed by atoms with Gasteiger partial charge in [0.1, 0.15) is 11.5 Å². The molecule has 0 aliphatic carbocycles. The second kappa shape index (κ2) is 8.12. The summed E-state index contributed by atoms with van der Waals surface area (Å²) in [5, 5.41) is 9.96. The minimum atomic E-state index is -0.198. The first-order valence-corrected chi connectivity index (χ1v) is 8.97. The molecule has 0 radical (unpaired) electrons. The summed E-state index contributed by atoms with van der Waals surface area (Å²) in [7, 11) is 1.60. The van der Waals surface area contributed by atoms with Gasteiger partial charge in [-0.15, -0.1) is 0 Å². The van der Waals surface area contributed by atoms with Crippen molar-refractivity contribution in [3.8, 4) is 11.5 Å². The number of rotatable bonds is 4. The van der Waals surface area contributed by atoms with Gasteiger partial charge >= 0.3 is 0 Å². The van der Waals surface area contributed by atoms with Crippen molar-refractivity contribution in [2.45, 2.75) is 13.3 Å². The normalized spacial score (nSPS) is 14.1. The Balaban J connectivity index is 1.58. The molecule has 0 bridgehead atoms. The number of phenols is 1. The van der Waals surface area contributed by atoms with Crippen molar-refractivity contribution in [3.63, 3.8) is 0 Å². The molecule has 0 spiro atoms. The van der Waals surface area contributed by atoms with Gasteiger partial charge in [0.2, 0.25) is 5.91 Å². The molecule has 1 N–H and O–H groups in total. The summed E-state index contributed by atoms with van der Waals surface area (Å²) in [6, 6.07) is 12.5. The predicted octanol–water partition coefficient (Wildman–Crippen LogP) is 2.24. The summed E-state index contributed by atoms with van der Waals surface area (Å²) in [6.07, 6.45) is 0.309. The monoisotopic (exact) mass is 368 g/mol. The van der Waals surface area contributed by atoms with E-state index in [1.165, 1.54) is 6.07 Å². The molecule has 0 aromatic heterocycles. The molecule has 2 amide bonds. The second-order valence-electron chi connectivity index (χ2n) is 6.72. The first kappa shape index (κ1) is 18.8. The zero-order chi connectivity index (χ0) is 19.4. The maximum Gasteiger partial charge on any atom is 0.257 e. The first-order chi connectivity index (χ1) is 13.0. The summed E-state index contributed by atoms with van der Waals surface area (Å²) < 4.78 is 5.19. The number of hydrogen-bond donors (Lipinski definition) is 1. The van der Waals surface area contributed by atoms with Crippen molar-refractivity contribution < 1.29 is 19.4 Å². The van der Waals surface area contributed by atoms with Gasteiger partial charge in [0.15, 0.2) is 0 Å². The lowest BCUT2D eigenvalue weighted by atomic mass is 10.1. The Hall–Kier alpha value is -3.02. The minimum Gasteiger partial charge on any atom is -0.507 e. The molecule has 6 heteroatoms. The lowest BCUT2D eigenvalue weighted by Gasteiger charge is -2.35. The zero-order valence-electron chi connectivity index (χ0n) is 15.6. The number of carbonyl (C=O) groups is 2. The highest BCUT2D eigenvalue weighted by molar-refractivity contribution is 5.97. The van der Waals surface area contributed by atoms with Crippen LogP contribution >= 0.6 is 0 Å². The molecule has 27 heavy (non-hydrogen) atoms. The van der Waals surface area contributed by atoms with Crippen LogP contribution in [0, 0.1) is 6.92 Å². The molecule has 1 aliphatic heterocycles. The first-order valence-electron chi connectivity index (χ1n) is 8.97. The number of carbonyl (C=O) groups excluding carboxylic acids is 2. The summed E-state index contributed by atoms with van der Waals surface area (Å²) in [5.74, 6) is 0.556. The smallest absolute Gasteiger partial charge is 0.257 e. The third-order valence-electron chi connectivity index (χ3n) is 4.79. The van der Waals surface area contributed by atoms with E-state index < -0.39 is 0 Å². The number of phenolic OH excluding ortho intramolecular Hbond substituents is 1. The lowest BCUT2D eigenvalue weighted by Crippen LogP contribution is -2.51. The van der Waals surface area contributed by atoms with Crippen molar-refractivity contribution in [2.24, 2.45) is 0 Å². The van der Waals surface area contributed by atoms with Crippen LogP contribution in [0.25, 0.3) is 0 Å². The van der Waals surface area contributed by atoms with Gasteiger partial charge < -0.3 is 19.6 Å². The number of benzene rings is 2. The topological polar surface area (TPSA) is 70.1 Å². The summed E-state index contributed by atoms with van der Waals surface area (Å²) in [6.45, 7) is 3.76. The summed E-state index contributed by atoms with van der Waals surface area (Å²) >= 11 is 0. The van der Waals surface area contributed by atoms with Gasteiger partial charge in [-0.1, -0.05) is 23.8 Å². The molecule has 1 saturated heterocycles. The van der Waals surface area contributed by atoms with Gasteiger partial charge in [-0.05, 0) is 36.8 Å². The van der Waals surface area contributed by atoms with Crippen molar-refractivity contribution in [2.75, 3.05) is 33.3 Å². The molecule has 0 atom stereocenters. The van der Waals surface area contributed by atoms with Gasteiger partial charge in [0.05, 0.1) is 19.1 Å². The van der Waals surface area contributed by atoms with E-state index in [9.17, 15) is 14.7 Å². The second-order valence-corrected chi connectivity index (χ2v) is 6.72. The quantitative estimate of drug-likeness (QED) is 0.899. The highest BCUT2D eigenvalue weighted by atomic mass is 16.5. The maximum absolute atomic E-state index is 12.7. The zero-order valence-corrected chi connectivity index (χ0v) is 15.6. The molecular formula is C21H24N2O4. The Morgan fingerprint density at radius 1 is 1.04 bits per heavy atom. The Bertz CT molecular complexity index is 842. The number of hydrogen-bond acceptors (Lipinski definition) is 4. The molecular weight excluding hydrogens is 344 g/mol. The lowest BCUT2D eigenvalue weighted by molar-refractivity contribution is -0.131. The molecule has 6 nitrogen and oxygen atoms in total. The van der Waals surface area contributed by atoms with Crippen LogP contribution in [0.4, 0.5) is 0 Å². The third kappa shape index (κ3) is 4.39. The minimum absolute atomic E-state index is 0.0119. The average Bonchev–Trinajstić information content (AvgIpc) is 2.69. The number of aromatic hydroxyl groups is 1. The standard InChI is InChI=1S/C21H24N2O4/c1-15-6-7-19(24)18(12-15)21(26)23-10-8-22(9-11-23)20(25)14-16-4-3-5-17(13-16)27-2/h3-7,12-13,24H,8-11,14H2,1-2H3. The largest absolute Gasteiger partial charge is 0.507 e. The van der Waals surface area contributed by atoms with Gasteiger partial charge in [-0.25, -0.2) is 0 Å². The maximum atomic E-state index is 12.7. The molecule has 1 aliphatic rings. The van der Waals surface area contributed by atoms with Crippen LogP contribution in [0.3, 0.4) is 0 Å². The Morgan fingerprint density at radius 3 is 2.44 bits per heavy atom. The fourth-order valence-electron chi connectivity index (χ4n) is 3.22. The number of methoxy groups -OCH3 is 1. The van der Waals surface area contributed by atoms with E-state index in [0.29, 0.717) is 38.2 Å². The van der Waals surface area contributed by atoms with Gasteiger partial charge in [-0.3, -0.25) is 9.59 Å². The van der Waals surface area contributed by atoms with E-state index in [-0.39, 0.29) is 17.6 Å². The molecule has 3 rings (SSSR count). The Labute approximate surface area is 159 Å². The van der Waals surface area contributed by atoms with Crippen molar-refractivity contribution in [1.82, 2.24) is 9.80 Å². The van der Waals surface area contributed by atoms with Crippen molar-refractivity contribution in [3.05, 3.63) is 59.2 Å². The highest BCUT2D eigenvalue weighted by Gasteiger charge is 2.26. The molecule has 0 saturated carbocycles. The fourth-order valence-corrected chi connectivity index (χ4v) is 3.22. The van der Waals surface area contributed by atoms with Crippen LogP contribution in [0.2, 0.25) is 0 Å². The number of nitrogens with zero attached hydrogens (tertiary/aromatic N) is 2. The van der Waals surface area contributed by atoms with Crippen LogP contribution in [0.1, 0.15) is 21.5 Å². The Kier molecular flexibility index (Phi) is 5.64. The SMILES string of the molecule is COc1cccc(CC(=O)N2CCN(C(=O)c3cc(C)ccc3O)CC2)c1. The third-order valence-corrected chi connectivity index (χ3v) is 4.79. The number of piperazine rings is 1. The summed E-state index contributed by atoms with van der Waals surface area (Å²) in [5.41, 5.74) is 2.14. The van der Waals surface area contributed by atoms with Crippen molar-refractivity contribution >= 4 is 11.8 Å². The summed E-state index contributed by atoms with van der Waals surface area (Å²) in [4.78, 5) is 28.7. The van der Waals surface area contributed by atoms with E-state index in [2.05, 4.69) is 0 Å². The average molecular weight is 368 g/mol. The molecule has 142 valence electrons. The van der Waals surface area contributed by atoms with E-state index in [1.807, 2.05) is 31.2 Å². The van der Waals surface area contributed by atoms with E-state index >= 15 is 0 Å². The Morgan fingerprint density at radius 2 is 1.74 bits per heavy atom. The van der Waals surface area contributed by atoms with Crippen LogP contribution in [0.5, 0.6) is 11.5 Å². The molecule has 2 aromatic carbocycles. The van der Waals surface area contributed by atoms with Crippen molar-refractivity contribution in [1.29, 1.82) is 0 Å². The van der Waals surface area contributed by atoms with Crippen LogP contribution in [0.15, 0.2) is 42.5 Å². The van der Waals surface area contributed by atoms with Crippen LogP contribution in [-0.2, 0) is 11.2 Å². The van der Waals surface area contributed by atoms with E-state index in [0.717, 1.165) is 16.9 Å². The van der Waals surface area contributed by atoms with E-state index in [4.69, 9.17) is 4.74 Å². The molecule has 0 unspecified atom stereocenters. The van der Waals surface area contributed by atoms with Crippen LogP contribution < -0.4 is 4.74 Å². The van der Waals surface area contributed by atoms with E-state index in [1.54, 1.807) is 29.0 Å². The van der Waals surface area contributed by atoms with Gasteiger partial charge in [0, 0.05) is 26.2 Å². The van der Waals surface area contributed by atoms with Gasteiger partial charge in [-0.2, -0.15) is 0 Å². The van der Waals surface area contributed by atoms with Crippen LogP contribution in [-0.4, -0.2) is 60.0 Å². The molecule has 1 fully saturated rings. The fraction of sp³-hybridized carbons (Fsp3) is 0.333. The highest BCUT2D eigenvalue weighted by Crippen LogP contribution is 2.21. The predicted molar refractivity (Wildman–Crippen MR) is 102 cm³/mol. The number of ether oxygens (including phenoxy) is 1.